The molecular weight excluding hydrogens is 252 g/mol. The van der Waals surface area contributed by atoms with Crippen LogP contribution in [0.2, 0.25) is 0 Å². The van der Waals surface area contributed by atoms with E-state index in [0.29, 0.717) is 5.56 Å². The van der Waals surface area contributed by atoms with Crippen LogP contribution in [-0.2, 0) is 0 Å². The van der Waals surface area contributed by atoms with Crippen molar-refractivity contribution in [3.8, 4) is 17.9 Å². The van der Waals surface area contributed by atoms with Gasteiger partial charge in [-0.25, -0.2) is 0 Å². The lowest BCUT2D eigenvalue weighted by Crippen LogP contribution is -2.19. The van der Waals surface area contributed by atoms with Crippen LogP contribution < -0.4 is 4.74 Å². The molecule has 0 atom stereocenters. The molecular formula is C16H16N2O2. The highest BCUT2D eigenvalue weighted by Gasteiger charge is 2.15. The van der Waals surface area contributed by atoms with Crippen molar-refractivity contribution in [3.05, 3.63) is 35.4 Å². The summed E-state index contributed by atoms with van der Waals surface area (Å²) in [4.78, 5) is 0. The molecule has 0 saturated heterocycles. The van der Waals surface area contributed by atoms with Gasteiger partial charge in [0.25, 0.3) is 0 Å². The minimum absolute atomic E-state index is 0.271. The van der Waals surface area contributed by atoms with E-state index >= 15 is 0 Å². The van der Waals surface area contributed by atoms with Crippen LogP contribution in [0.3, 0.4) is 0 Å². The Morgan fingerprint density at radius 1 is 1.05 bits per heavy atom. The van der Waals surface area contributed by atoms with Gasteiger partial charge in [0.1, 0.15) is 17.9 Å². The molecule has 1 saturated carbocycles. The monoisotopic (exact) mass is 268 g/mol. The lowest BCUT2D eigenvalue weighted by atomic mass is 9.98. The summed E-state index contributed by atoms with van der Waals surface area (Å²) in [7, 11) is 0. The van der Waals surface area contributed by atoms with Gasteiger partial charge < -0.3 is 9.84 Å². The van der Waals surface area contributed by atoms with E-state index in [2.05, 4.69) is 0 Å². The van der Waals surface area contributed by atoms with Crippen LogP contribution in [0.15, 0.2) is 29.8 Å². The summed E-state index contributed by atoms with van der Waals surface area (Å²) in [6.07, 6.45) is 6.13. The molecule has 2 rings (SSSR count). The Morgan fingerprint density at radius 2 is 1.65 bits per heavy atom. The molecule has 1 aliphatic rings. The van der Waals surface area contributed by atoms with E-state index in [4.69, 9.17) is 15.3 Å². The molecule has 4 heteroatoms. The quantitative estimate of drug-likeness (QED) is 0.669. The molecule has 0 radical (unpaired) electrons. The highest BCUT2D eigenvalue weighted by atomic mass is 16.5. The second kappa shape index (κ2) is 6.63. The zero-order valence-corrected chi connectivity index (χ0v) is 11.2. The number of benzene rings is 1. The maximum atomic E-state index is 9.79. The zero-order valence-electron chi connectivity index (χ0n) is 11.2. The molecule has 1 aromatic rings. The number of hydrogen-bond acceptors (Lipinski definition) is 4. The zero-order chi connectivity index (χ0) is 14.4. The van der Waals surface area contributed by atoms with E-state index in [1.54, 1.807) is 36.4 Å². The van der Waals surface area contributed by atoms with Crippen LogP contribution in [0.25, 0.3) is 5.76 Å². The van der Waals surface area contributed by atoms with E-state index in [1.165, 1.54) is 19.3 Å². The number of nitriles is 2. The highest BCUT2D eigenvalue weighted by molar-refractivity contribution is 5.69. The number of aliphatic hydroxyl groups is 1. The Balaban J connectivity index is 2.09. The molecule has 0 aromatic heterocycles. The van der Waals surface area contributed by atoms with Crippen molar-refractivity contribution in [1.82, 2.24) is 0 Å². The van der Waals surface area contributed by atoms with Crippen molar-refractivity contribution in [1.29, 1.82) is 10.5 Å². The second-order valence-corrected chi connectivity index (χ2v) is 4.85. The van der Waals surface area contributed by atoms with Crippen molar-refractivity contribution in [2.24, 2.45) is 0 Å². The van der Waals surface area contributed by atoms with Crippen molar-refractivity contribution in [2.75, 3.05) is 0 Å². The van der Waals surface area contributed by atoms with Crippen LogP contribution in [0.5, 0.6) is 5.75 Å². The maximum Gasteiger partial charge on any atom is 0.171 e. The van der Waals surface area contributed by atoms with Gasteiger partial charge in [-0.15, -0.1) is 0 Å². The fourth-order valence-corrected chi connectivity index (χ4v) is 2.34. The molecule has 0 heterocycles. The highest BCUT2D eigenvalue weighted by Crippen LogP contribution is 2.25. The first kappa shape index (κ1) is 14.0. The predicted octanol–water partition coefficient (Wildman–Crippen LogP) is 3.71. The summed E-state index contributed by atoms with van der Waals surface area (Å²) in [5, 5.41) is 27.2. The Bertz CT molecular complexity index is 554. The standard InChI is InChI=1S/C16H16N2O2/c17-10-13(11-18)16(19)12-6-8-15(9-7-12)20-14-4-2-1-3-5-14/h6-9,14,19H,1-5H2. The van der Waals surface area contributed by atoms with Gasteiger partial charge >= 0.3 is 0 Å². The largest absolute Gasteiger partial charge is 0.505 e. The van der Waals surface area contributed by atoms with Gasteiger partial charge in [-0.2, -0.15) is 10.5 Å². The summed E-state index contributed by atoms with van der Waals surface area (Å²) < 4.78 is 5.88. The summed E-state index contributed by atoms with van der Waals surface area (Å²) >= 11 is 0. The third-order valence-electron chi connectivity index (χ3n) is 3.44. The molecule has 0 unspecified atom stereocenters. The summed E-state index contributed by atoms with van der Waals surface area (Å²) in [5.74, 6) is 0.461. The molecule has 1 fully saturated rings. The van der Waals surface area contributed by atoms with Gasteiger partial charge in [-0.1, -0.05) is 6.42 Å². The van der Waals surface area contributed by atoms with Gasteiger partial charge in [0.2, 0.25) is 0 Å². The van der Waals surface area contributed by atoms with E-state index < -0.39 is 0 Å². The van der Waals surface area contributed by atoms with Crippen LogP contribution in [0, 0.1) is 22.7 Å². The third kappa shape index (κ3) is 3.30. The first-order valence-corrected chi connectivity index (χ1v) is 6.75. The maximum absolute atomic E-state index is 9.79. The normalized spacial score (nSPS) is 14.9. The van der Waals surface area contributed by atoms with E-state index in [9.17, 15) is 5.11 Å². The first-order chi connectivity index (χ1) is 9.74. The van der Waals surface area contributed by atoms with Gasteiger partial charge in [0.05, 0.1) is 6.10 Å². The molecule has 102 valence electrons. The molecule has 1 aromatic carbocycles. The minimum Gasteiger partial charge on any atom is -0.505 e. The second-order valence-electron chi connectivity index (χ2n) is 4.85. The average molecular weight is 268 g/mol. The average Bonchev–Trinajstić information content (AvgIpc) is 2.50. The number of aliphatic hydroxyl groups excluding tert-OH is 1. The summed E-state index contributed by atoms with van der Waals surface area (Å²) in [6.45, 7) is 0. The molecule has 1 N–H and O–H groups in total. The minimum atomic E-state index is -0.292. The number of ether oxygens (including phenoxy) is 1. The van der Waals surface area contributed by atoms with Crippen LogP contribution in [-0.4, -0.2) is 11.2 Å². The summed E-state index contributed by atoms with van der Waals surface area (Å²) in [5.41, 5.74) is 0.157. The van der Waals surface area contributed by atoms with Crippen molar-refractivity contribution in [2.45, 2.75) is 38.2 Å². The third-order valence-corrected chi connectivity index (χ3v) is 3.44. The van der Waals surface area contributed by atoms with Crippen molar-refractivity contribution < 1.29 is 9.84 Å². The molecule has 0 aliphatic heterocycles. The Labute approximate surface area is 118 Å². The molecule has 20 heavy (non-hydrogen) atoms. The van der Waals surface area contributed by atoms with Gasteiger partial charge in [0, 0.05) is 5.56 Å². The number of hydrogen-bond donors (Lipinski definition) is 1. The summed E-state index contributed by atoms with van der Waals surface area (Å²) in [6, 6.07) is 10.2. The van der Waals surface area contributed by atoms with Gasteiger partial charge in [-0.05, 0) is 49.9 Å². The molecule has 0 spiro atoms. The van der Waals surface area contributed by atoms with Crippen LogP contribution in [0.1, 0.15) is 37.7 Å². The number of rotatable bonds is 3. The smallest absolute Gasteiger partial charge is 0.171 e. The topological polar surface area (TPSA) is 77.0 Å². The number of nitrogens with zero attached hydrogens (tertiary/aromatic N) is 2. The predicted molar refractivity (Wildman–Crippen MR) is 74.7 cm³/mol. The van der Waals surface area contributed by atoms with E-state index in [0.717, 1.165) is 18.6 Å². The molecule has 0 amide bonds. The Kier molecular flexibility index (Phi) is 4.63. The molecule has 4 nitrogen and oxygen atoms in total. The lowest BCUT2D eigenvalue weighted by Gasteiger charge is -2.23. The number of allylic oxidation sites excluding steroid dienone is 1. The van der Waals surface area contributed by atoms with Gasteiger partial charge in [0.15, 0.2) is 11.3 Å². The van der Waals surface area contributed by atoms with E-state index in [-0.39, 0.29) is 17.4 Å². The van der Waals surface area contributed by atoms with Gasteiger partial charge in [-0.3, -0.25) is 0 Å². The first-order valence-electron chi connectivity index (χ1n) is 6.75. The lowest BCUT2D eigenvalue weighted by molar-refractivity contribution is 0.155. The van der Waals surface area contributed by atoms with E-state index in [1.807, 2.05) is 0 Å². The van der Waals surface area contributed by atoms with Crippen LogP contribution in [0.4, 0.5) is 0 Å². The van der Waals surface area contributed by atoms with Crippen molar-refractivity contribution >= 4 is 5.76 Å². The Morgan fingerprint density at radius 3 is 2.20 bits per heavy atom. The van der Waals surface area contributed by atoms with Crippen LogP contribution >= 0.6 is 0 Å². The fraction of sp³-hybridized carbons (Fsp3) is 0.375. The van der Waals surface area contributed by atoms with Crippen molar-refractivity contribution in [3.63, 3.8) is 0 Å². The molecule has 1 aliphatic carbocycles. The Hall–Kier alpha value is -2.46. The molecule has 0 bridgehead atoms. The SMILES string of the molecule is N#CC(C#N)=C(O)c1ccc(OC2CCCCC2)cc1. The fourth-order valence-electron chi connectivity index (χ4n) is 2.34.